The topological polar surface area (TPSA) is 69.2 Å². The molecule has 1 saturated heterocycles. The quantitative estimate of drug-likeness (QED) is 0.773. The van der Waals surface area contributed by atoms with Crippen molar-refractivity contribution in [2.75, 3.05) is 13.1 Å². The van der Waals surface area contributed by atoms with Gasteiger partial charge < -0.3 is 10.0 Å². The van der Waals surface area contributed by atoms with E-state index in [9.17, 15) is 14.3 Å². The van der Waals surface area contributed by atoms with E-state index in [4.69, 9.17) is 11.6 Å². The molecule has 1 atom stereocenters. The first-order valence-electron chi connectivity index (χ1n) is 9.43. The molecule has 2 aromatic rings. The molecule has 5 nitrogen and oxygen atoms in total. The molecule has 1 aromatic heterocycles. The van der Waals surface area contributed by atoms with E-state index in [1.54, 1.807) is 4.90 Å². The number of benzene rings is 1. The number of nitrogens with zero attached hydrogens (tertiary/aromatic N) is 2. The van der Waals surface area contributed by atoms with E-state index in [0.717, 1.165) is 12.8 Å². The van der Waals surface area contributed by atoms with Gasteiger partial charge in [-0.2, -0.15) is 5.10 Å². The van der Waals surface area contributed by atoms with Crippen molar-refractivity contribution in [1.29, 1.82) is 0 Å². The summed E-state index contributed by atoms with van der Waals surface area (Å²) in [4.78, 5) is 13.8. The summed E-state index contributed by atoms with van der Waals surface area (Å²) >= 11 is 5.81. The van der Waals surface area contributed by atoms with Gasteiger partial charge in [-0.25, -0.2) is 13.2 Å². The number of aliphatic hydroxyl groups excluding tert-OH is 1. The lowest BCUT2D eigenvalue weighted by atomic mass is 9.84. The first-order valence-corrected chi connectivity index (χ1v) is 9.81. The maximum atomic E-state index is 15.1. The average Bonchev–Trinajstić information content (AvgIpc) is 3.37. The van der Waals surface area contributed by atoms with Gasteiger partial charge in [0.05, 0.1) is 16.7 Å². The lowest BCUT2D eigenvalue weighted by Gasteiger charge is -2.38. The minimum Gasteiger partial charge on any atom is -0.382 e. The second-order valence-electron chi connectivity index (χ2n) is 7.80. The van der Waals surface area contributed by atoms with Crippen LogP contribution >= 0.6 is 11.6 Å². The van der Waals surface area contributed by atoms with Gasteiger partial charge in [0.2, 0.25) is 5.91 Å². The Morgan fingerprint density at radius 3 is 2.68 bits per heavy atom. The van der Waals surface area contributed by atoms with Crippen LogP contribution in [-0.4, -0.2) is 45.1 Å². The van der Waals surface area contributed by atoms with E-state index in [-0.39, 0.29) is 42.4 Å². The van der Waals surface area contributed by atoms with Crippen molar-refractivity contribution in [3.63, 3.8) is 0 Å². The molecule has 2 N–H and O–H groups in total. The first-order chi connectivity index (χ1) is 13.3. The highest BCUT2D eigenvalue weighted by Crippen LogP contribution is 2.45. The number of nitrogens with one attached hydrogen (secondary N) is 1. The van der Waals surface area contributed by atoms with Crippen LogP contribution in [-0.2, 0) is 4.79 Å². The molecule has 0 bridgehead atoms. The molecule has 1 saturated carbocycles. The number of alkyl halides is 2. The van der Waals surface area contributed by atoms with Crippen LogP contribution in [0.5, 0.6) is 0 Å². The highest BCUT2D eigenvalue weighted by molar-refractivity contribution is 6.31. The van der Waals surface area contributed by atoms with Crippen molar-refractivity contribution in [1.82, 2.24) is 15.1 Å². The van der Waals surface area contributed by atoms with Gasteiger partial charge in [-0.15, -0.1) is 0 Å². The number of likely N-dealkylation sites (tertiary alicyclic amines) is 1. The Hall–Kier alpha value is -1.80. The summed E-state index contributed by atoms with van der Waals surface area (Å²) in [5.74, 6) is -5.37. The average molecular weight is 416 g/mol. The van der Waals surface area contributed by atoms with E-state index >= 15 is 8.78 Å². The number of halogens is 4. The maximum absolute atomic E-state index is 15.1. The van der Waals surface area contributed by atoms with Gasteiger partial charge in [0.1, 0.15) is 11.9 Å². The van der Waals surface area contributed by atoms with E-state index in [0.29, 0.717) is 17.7 Å². The molecular weight excluding hydrogens is 395 g/mol. The second kappa shape index (κ2) is 7.22. The molecule has 4 rings (SSSR count). The molecule has 28 heavy (non-hydrogen) atoms. The predicted octanol–water partition coefficient (Wildman–Crippen LogP) is 4.06. The zero-order chi connectivity index (χ0) is 20.1. The Kier molecular flexibility index (Phi) is 5.03. The molecular formula is C19H21ClF3N3O2. The molecule has 152 valence electrons. The monoisotopic (exact) mass is 415 g/mol. The summed E-state index contributed by atoms with van der Waals surface area (Å²) < 4.78 is 44.7. The number of carbonyl (C=O) groups is 1. The summed E-state index contributed by atoms with van der Waals surface area (Å²) in [5, 5.41) is 16.6. The third-order valence-electron chi connectivity index (χ3n) is 5.86. The zero-order valence-electron chi connectivity index (χ0n) is 15.1. The fourth-order valence-electron chi connectivity index (χ4n) is 3.94. The third kappa shape index (κ3) is 3.48. The van der Waals surface area contributed by atoms with Crippen LogP contribution in [0.1, 0.15) is 43.8 Å². The Morgan fingerprint density at radius 1 is 1.36 bits per heavy atom. The lowest BCUT2D eigenvalue weighted by molar-refractivity contribution is -0.164. The van der Waals surface area contributed by atoms with Crippen LogP contribution in [0.15, 0.2) is 12.3 Å². The van der Waals surface area contributed by atoms with E-state index < -0.39 is 29.3 Å². The van der Waals surface area contributed by atoms with Crippen LogP contribution < -0.4 is 0 Å². The van der Waals surface area contributed by atoms with Crippen molar-refractivity contribution in [3.05, 3.63) is 28.7 Å². The summed E-state index contributed by atoms with van der Waals surface area (Å²) in [6, 6.07) is 1.27. The van der Waals surface area contributed by atoms with Crippen LogP contribution in [0.4, 0.5) is 13.2 Å². The number of hydrogen-bond donors (Lipinski definition) is 2. The normalized spacial score (nSPS) is 20.0. The summed E-state index contributed by atoms with van der Waals surface area (Å²) in [6.07, 6.45) is 1.66. The number of aromatic amines is 1. The molecule has 1 aliphatic carbocycles. The smallest absolute Gasteiger partial charge is 0.280 e. The molecule has 0 spiro atoms. The molecule has 1 unspecified atom stereocenters. The number of H-pyrrole nitrogens is 1. The maximum Gasteiger partial charge on any atom is 0.280 e. The second-order valence-corrected chi connectivity index (χ2v) is 8.21. The minimum atomic E-state index is -3.57. The summed E-state index contributed by atoms with van der Waals surface area (Å²) in [5.41, 5.74) is -0.566. The van der Waals surface area contributed by atoms with Gasteiger partial charge in [0.15, 0.2) is 0 Å². The zero-order valence-corrected chi connectivity index (χ0v) is 15.9. The van der Waals surface area contributed by atoms with Gasteiger partial charge >= 0.3 is 0 Å². The minimum absolute atomic E-state index is 0.00451. The Balaban J connectivity index is 1.51. The van der Waals surface area contributed by atoms with Crippen molar-refractivity contribution in [2.45, 2.75) is 44.1 Å². The molecule has 2 fully saturated rings. The summed E-state index contributed by atoms with van der Waals surface area (Å²) in [7, 11) is 0. The highest BCUT2D eigenvalue weighted by atomic mass is 35.5. The Morgan fingerprint density at radius 2 is 2.04 bits per heavy atom. The van der Waals surface area contributed by atoms with Gasteiger partial charge in [0.25, 0.3) is 5.92 Å². The Bertz CT molecular complexity index is 892. The fourth-order valence-corrected chi connectivity index (χ4v) is 4.16. The van der Waals surface area contributed by atoms with Crippen LogP contribution in [0.25, 0.3) is 10.9 Å². The number of aliphatic hydroxyl groups is 1. The van der Waals surface area contributed by atoms with Crippen molar-refractivity contribution < 1.29 is 23.1 Å². The molecule has 2 aliphatic rings. The Labute approximate surface area is 164 Å². The van der Waals surface area contributed by atoms with E-state index in [1.807, 2.05) is 0 Å². The van der Waals surface area contributed by atoms with E-state index in [1.165, 1.54) is 12.3 Å². The highest BCUT2D eigenvalue weighted by Gasteiger charge is 2.50. The number of carbonyl (C=O) groups excluding carboxylic acids is 1. The molecule has 0 radical (unpaired) electrons. The molecule has 2 heterocycles. The van der Waals surface area contributed by atoms with Gasteiger partial charge in [0, 0.05) is 36.4 Å². The fraction of sp³-hybridized carbons (Fsp3) is 0.579. The summed E-state index contributed by atoms with van der Waals surface area (Å²) in [6.45, 7) is 0.437. The van der Waals surface area contributed by atoms with Gasteiger partial charge in [-0.1, -0.05) is 11.6 Å². The number of rotatable bonds is 5. The number of amides is 1. The predicted molar refractivity (Wildman–Crippen MR) is 97.6 cm³/mol. The largest absolute Gasteiger partial charge is 0.382 e. The van der Waals surface area contributed by atoms with Gasteiger partial charge in [-0.3, -0.25) is 9.89 Å². The SMILES string of the molecule is O=C(CC1CC1)N1CCC(C(F)(F)C(O)c2c(F)c(Cl)cc3cn[nH]c23)CC1. The molecule has 1 aliphatic heterocycles. The number of aromatic nitrogens is 2. The van der Waals surface area contributed by atoms with Crippen LogP contribution in [0, 0.1) is 17.7 Å². The lowest BCUT2D eigenvalue weighted by Crippen LogP contribution is -2.45. The number of piperidine rings is 1. The van der Waals surface area contributed by atoms with Crippen LogP contribution in [0.3, 0.4) is 0 Å². The molecule has 1 aromatic carbocycles. The van der Waals surface area contributed by atoms with E-state index in [2.05, 4.69) is 10.2 Å². The van der Waals surface area contributed by atoms with Crippen molar-refractivity contribution in [2.24, 2.45) is 11.8 Å². The first kappa shape index (κ1) is 19.5. The van der Waals surface area contributed by atoms with Crippen LogP contribution in [0.2, 0.25) is 5.02 Å². The third-order valence-corrected chi connectivity index (χ3v) is 6.13. The van der Waals surface area contributed by atoms with Gasteiger partial charge in [-0.05, 0) is 37.7 Å². The standard InChI is InChI=1S/C19H21ClF3N3O2/c20-13-8-11-9-24-25-17(11)15(16(13)21)18(28)19(22,23)12-3-5-26(6-4-12)14(27)7-10-1-2-10/h8-10,12,18,28H,1-7H2,(H,24,25). The molecule has 1 amide bonds. The van der Waals surface area contributed by atoms with Crippen molar-refractivity contribution in [3.8, 4) is 0 Å². The number of hydrogen-bond acceptors (Lipinski definition) is 3. The van der Waals surface area contributed by atoms with Crippen molar-refractivity contribution >= 4 is 28.4 Å². The number of fused-ring (bicyclic) bond motifs is 1. The molecule has 9 heteroatoms.